The molecular formula is C17H25N5O3S2. The van der Waals surface area contributed by atoms with Crippen LogP contribution in [0, 0.1) is 6.92 Å². The number of ether oxygens (including phenoxy) is 1. The molecule has 0 saturated carbocycles. The minimum absolute atomic E-state index is 0.557. The molecule has 0 unspecified atom stereocenters. The Bertz CT molecular complexity index is 916. The van der Waals surface area contributed by atoms with Crippen molar-refractivity contribution in [2.24, 2.45) is 0 Å². The van der Waals surface area contributed by atoms with E-state index in [1.807, 2.05) is 6.92 Å². The Morgan fingerprint density at radius 1 is 1.11 bits per heavy atom. The predicted molar refractivity (Wildman–Crippen MR) is 107 cm³/mol. The Morgan fingerprint density at radius 3 is 2.48 bits per heavy atom. The lowest BCUT2D eigenvalue weighted by atomic mass is 10.2. The topological polar surface area (TPSA) is 78.9 Å². The maximum Gasteiger partial charge on any atom is 0.211 e. The highest BCUT2D eigenvalue weighted by molar-refractivity contribution is 7.88. The molecule has 0 N–H and O–H groups in total. The van der Waals surface area contributed by atoms with Gasteiger partial charge in [0.15, 0.2) is 0 Å². The average molecular weight is 412 g/mol. The number of piperazine rings is 1. The largest absolute Gasteiger partial charge is 0.378 e. The Balaban J connectivity index is 1.52. The lowest BCUT2D eigenvalue weighted by Gasteiger charge is -2.32. The van der Waals surface area contributed by atoms with E-state index in [1.54, 1.807) is 15.6 Å². The standard InChI is InChI=1S/C17H25N5O3S2/c1-13-18-16(21-7-9-25-10-8-21)15-11-14(26-17(15)19-13)12-20-3-5-22(6-4-20)27(2,23)24/h11H,3-10,12H2,1-2H3. The van der Waals surface area contributed by atoms with Crippen LogP contribution in [0.4, 0.5) is 5.82 Å². The third-order valence-electron chi connectivity index (χ3n) is 5.03. The van der Waals surface area contributed by atoms with E-state index in [1.165, 1.54) is 11.1 Å². The number of aromatic nitrogens is 2. The number of sulfonamides is 1. The second-order valence-corrected chi connectivity index (χ2v) is 10.2. The van der Waals surface area contributed by atoms with Gasteiger partial charge in [-0.1, -0.05) is 0 Å². The van der Waals surface area contributed by atoms with Crippen molar-refractivity contribution in [2.45, 2.75) is 13.5 Å². The Morgan fingerprint density at radius 2 is 1.81 bits per heavy atom. The van der Waals surface area contributed by atoms with Crippen LogP contribution >= 0.6 is 11.3 Å². The number of hydrogen-bond donors (Lipinski definition) is 0. The number of fused-ring (bicyclic) bond motifs is 1. The molecule has 0 amide bonds. The van der Waals surface area contributed by atoms with E-state index in [-0.39, 0.29) is 0 Å². The summed E-state index contributed by atoms with van der Waals surface area (Å²) in [5.41, 5.74) is 0. The number of nitrogens with zero attached hydrogens (tertiary/aromatic N) is 5. The van der Waals surface area contributed by atoms with Gasteiger partial charge in [0.05, 0.1) is 24.9 Å². The van der Waals surface area contributed by atoms with Crippen LogP contribution in [0.5, 0.6) is 0 Å². The van der Waals surface area contributed by atoms with E-state index in [9.17, 15) is 8.42 Å². The maximum absolute atomic E-state index is 11.7. The molecule has 2 fully saturated rings. The van der Waals surface area contributed by atoms with Gasteiger partial charge in [-0.2, -0.15) is 4.31 Å². The summed E-state index contributed by atoms with van der Waals surface area (Å²) in [6.45, 7) is 8.54. The molecule has 148 valence electrons. The van der Waals surface area contributed by atoms with Crippen LogP contribution in [-0.4, -0.2) is 86.3 Å². The first-order chi connectivity index (χ1) is 12.9. The van der Waals surface area contributed by atoms with Crippen LogP contribution in [0.15, 0.2) is 6.07 Å². The number of hydrogen-bond acceptors (Lipinski definition) is 8. The van der Waals surface area contributed by atoms with E-state index in [0.717, 1.165) is 67.8 Å². The van der Waals surface area contributed by atoms with E-state index in [4.69, 9.17) is 9.72 Å². The SMILES string of the molecule is Cc1nc(N2CCOCC2)c2cc(CN3CCN(S(C)(=O)=O)CC3)sc2n1. The third-order valence-corrected chi connectivity index (χ3v) is 7.34. The average Bonchev–Trinajstić information content (AvgIpc) is 3.03. The zero-order valence-corrected chi connectivity index (χ0v) is 17.4. The highest BCUT2D eigenvalue weighted by Gasteiger charge is 2.24. The number of aryl methyl sites for hydroxylation is 1. The van der Waals surface area contributed by atoms with E-state index in [2.05, 4.69) is 20.9 Å². The van der Waals surface area contributed by atoms with E-state index >= 15 is 0 Å². The van der Waals surface area contributed by atoms with Crippen molar-refractivity contribution in [3.05, 3.63) is 16.8 Å². The van der Waals surface area contributed by atoms with Gasteiger partial charge >= 0.3 is 0 Å². The predicted octanol–water partition coefficient (Wildman–Crippen LogP) is 0.914. The molecule has 2 aliphatic rings. The summed E-state index contributed by atoms with van der Waals surface area (Å²) < 4.78 is 30.4. The molecule has 4 rings (SSSR count). The molecule has 2 saturated heterocycles. The minimum atomic E-state index is -3.09. The van der Waals surface area contributed by atoms with Crippen molar-refractivity contribution in [3.8, 4) is 0 Å². The van der Waals surface area contributed by atoms with Crippen LogP contribution in [0.1, 0.15) is 10.7 Å². The molecule has 0 atom stereocenters. The van der Waals surface area contributed by atoms with Gasteiger partial charge in [-0.15, -0.1) is 11.3 Å². The van der Waals surface area contributed by atoms with Gasteiger partial charge in [0, 0.05) is 50.7 Å². The van der Waals surface area contributed by atoms with Crippen LogP contribution in [0.25, 0.3) is 10.2 Å². The molecule has 0 aliphatic carbocycles. The Hall–Kier alpha value is -1.33. The van der Waals surface area contributed by atoms with Crippen molar-refractivity contribution in [1.29, 1.82) is 0 Å². The van der Waals surface area contributed by atoms with Crippen LogP contribution in [0.2, 0.25) is 0 Å². The van der Waals surface area contributed by atoms with Crippen LogP contribution in [-0.2, 0) is 21.3 Å². The molecule has 0 spiro atoms. The summed E-state index contributed by atoms with van der Waals surface area (Å²) in [5, 5.41) is 1.11. The van der Waals surface area contributed by atoms with Crippen molar-refractivity contribution in [1.82, 2.24) is 19.2 Å². The molecule has 0 aromatic carbocycles. The van der Waals surface area contributed by atoms with Gasteiger partial charge < -0.3 is 9.64 Å². The summed E-state index contributed by atoms with van der Waals surface area (Å²) in [6.07, 6.45) is 1.28. The van der Waals surface area contributed by atoms with Gasteiger partial charge in [-0.05, 0) is 13.0 Å². The highest BCUT2D eigenvalue weighted by atomic mass is 32.2. The number of rotatable bonds is 4. The van der Waals surface area contributed by atoms with Crippen molar-refractivity contribution >= 4 is 37.4 Å². The van der Waals surface area contributed by atoms with E-state index < -0.39 is 10.0 Å². The Labute approximate surface area is 163 Å². The second-order valence-electron chi connectivity index (χ2n) is 7.06. The summed E-state index contributed by atoms with van der Waals surface area (Å²) >= 11 is 1.71. The fourth-order valence-electron chi connectivity index (χ4n) is 3.59. The molecule has 2 aromatic rings. The summed E-state index contributed by atoms with van der Waals surface area (Å²) in [7, 11) is -3.09. The maximum atomic E-state index is 11.7. The minimum Gasteiger partial charge on any atom is -0.378 e. The zero-order valence-electron chi connectivity index (χ0n) is 15.7. The first kappa shape index (κ1) is 19.0. The number of morpholine rings is 1. The van der Waals surface area contributed by atoms with E-state index in [0.29, 0.717) is 13.1 Å². The highest BCUT2D eigenvalue weighted by Crippen LogP contribution is 2.32. The first-order valence-corrected chi connectivity index (χ1v) is 11.8. The van der Waals surface area contributed by atoms with Crippen LogP contribution in [0.3, 0.4) is 0 Å². The molecule has 8 nitrogen and oxygen atoms in total. The summed E-state index contributed by atoms with van der Waals surface area (Å²) in [5.74, 6) is 1.80. The summed E-state index contributed by atoms with van der Waals surface area (Å²) in [4.78, 5) is 16.2. The smallest absolute Gasteiger partial charge is 0.211 e. The van der Waals surface area contributed by atoms with Gasteiger partial charge in [-0.3, -0.25) is 4.90 Å². The van der Waals surface area contributed by atoms with Gasteiger partial charge in [0.2, 0.25) is 10.0 Å². The molecule has 0 bridgehead atoms. The van der Waals surface area contributed by atoms with Gasteiger partial charge in [-0.25, -0.2) is 18.4 Å². The number of anilines is 1. The van der Waals surface area contributed by atoms with Gasteiger partial charge in [0.1, 0.15) is 16.5 Å². The molecule has 10 heteroatoms. The normalized spacial score (nSPS) is 20.4. The monoisotopic (exact) mass is 411 g/mol. The molecule has 4 heterocycles. The quantitative estimate of drug-likeness (QED) is 0.740. The second kappa shape index (κ2) is 7.59. The third kappa shape index (κ3) is 4.24. The van der Waals surface area contributed by atoms with Crippen molar-refractivity contribution in [2.75, 3.05) is 63.6 Å². The van der Waals surface area contributed by atoms with Gasteiger partial charge in [0.25, 0.3) is 0 Å². The fraction of sp³-hybridized carbons (Fsp3) is 0.647. The number of thiophene rings is 1. The molecule has 0 radical (unpaired) electrons. The van der Waals surface area contributed by atoms with Crippen LogP contribution < -0.4 is 4.90 Å². The van der Waals surface area contributed by atoms with Crippen molar-refractivity contribution < 1.29 is 13.2 Å². The Kier molecular flexibility index (Phi) is 5.34. The lowest BCUT2D eigenvalue weighted by Crippen LogP contribution is -2.47. The first-order valence-electron chi connectivity index (χ1n) is 9.17. The summed E-state index contributed by atoms with van der Waals surface area (Å²) in [6, 6.07) is 2.20. The lowest BCUT2D eigenvalue weighted by molar-refractivity contribution is 0.122. The molecule has 2 aromatic heterocycles. The fourth-order valence-corrected chi connectivity index (χ4v) is 5.53. The zero-order chi connectivity index (χ0) is 19.0. The molecule has 2 aliphatic heterocycles. The van der Waals surface area contributed by atoms with Crippen molar-refractivity contribution in [3.63, 3.8) is 0 Å². The molecular weight excluding hydrogens is 386 g/mol. The molecule has 27 heavy (non-hydrogen) atoms.